The van der Waals surface area contributed by atoms with E-state index in [1.165, 1.54) is 28.4 Å². The summed E-state index contributed by atoms with van der Waals surface area (Å²) in [4.78, 5) is 58.0. The molecule has 2 heterocycles. The lowest BCUT2D eigenvalue weighted by Crippen LogP contribution is -2.43. The summed E-state index contributed by atoms with van der Waals surface area (Å²) in [6.45, 7) is 6.43. The molecule has 1 aromatic carbocycles. The number of nitrogens with zero attached hydrogens (tertiary/aromatic N) is 3. The minimum absolute atomic E-state index is 0.0653. The van der Waals surface area contributed by atoms with Crippen LogP contribution in [0.1, 0.15) is 49.7 Å². The molecular formula is C25H30Cl2N4O5S. The van der Waals surface area contributed by atoms with Crippen molar-refractivity contribution in [3.63, 3.8) is 0 Å². The average molecular weight is 570 g/mol. The van der Waals surface area contributed by atoms with Crippen molar-refractivity contribution in [2.45, 2.75) is 46.1 Å². The molecule has 1 saturated heterocycles. The van der Waals surface area contributed by atoms with Gasteiger partial charge in [-0.3, -0.25) is 19.2 Å². The van der Waals surface area contributed by atoms with Crippen LogP contribution in [-0.2, 0) is 25.5 Å². The molecule has 37 heavy (non-hydrogen) atoms. The van der Waals surface area contributed by atoms with Gasteiger partial charge in [0.2, 0.25) is 11.8 Å². The molecule has 3 amide bonds. The standard InChI is InChI=1S/C25H30Cl2N4O5S/c1-4-36-24(35)17-6-5-9-30(12-17)22(33)11-18-14-37-25(28-18)29-21(32)13-31(15(2)3)23(34)16-7-8-19(26)20(27)10-16/h7-8,10,14-15,17H,4-6,9,11-13H2,1-3H3,(H,28,29,32). The number of aromatic nitrogens is 1. The van der Waals surface area contributed by atoms with Crippen LogP contribution >= 0.6 is 34.5 Å². The number of carbonyl (C=O) groups is 4. The monoisotopic (exact) mass is 568 g/mol. The van der Waals surface area contributed by atoms with Gasteiger partial charge in [-0.1, -0.05) is 23.2 Å². The van der Waals surface area contributed by atoms with Gasteiger partial charge >= 0.3 is 5.97 Å². The molecule has 9 nitrogen and oxygen atoms in total. The van der Waals surface area contributed by atoms with E-state index in [2.05, 4.69) is 10.3 Å². The SMILES string of the molecule is CCOC(=O)C1CCCN(C(=O)Cc2csc(NC(=O)CN(C(=O)c3ccc(Cl)c(Cl)c3)C(C)C)n2)C1. The number of amides is 3. The second kappa shape index (κ2) is 13.2. The summed E-state index contributed by atoms with van der Waals surface area (Å²) in [6, 6.07) is 4.32. The molecule has 0 radical (unpaired) electrons. The minimum atomic E-state index is -0.414. The zero-order valence-corrected chi connectivity index (χ0v) is 23.3. The second-order valence-electron chi connectivity index (χ2n) is 8.96. The Kier molecular flexibility index (Phi) is 10.3. The average Bonchev–Trinajstić information content (AvgIpc) is 3.30. The van der Waals surface area contributed by atoms with Crippen LogP contribution < -0.4 is 5.32 Å². The van der Waals surface area contributed by atoms with Crippen molar-refractivity contribution in [1.29, 1.82) is 0 Å². The van der Waals surface area contributed by atoms with E-state index < -0.39 is 5.91 Å². The van der Waals surface area contributed by atoms with E-state index in [1.54, 1.807) is 23.3 Å². The first kappa shape index (κ1) is 28.9. The number of anilines is 1. The zero-order valence-electron chi connectivity index (χ0n) is 21.0. The highest BCUT2D eigenvalue weighted by atomic mass is 35.5. The Morgan fingerprint density at radius 2 is 2.00 bits per heavy atom. The molecule has 3 rings (SSSR count). The number of carbonyl (C=O) groups excluding carboxylic acids is 4. The van der Waals surface area contributed by atoms with Crippen molar-refractivity contribution < 1.29 is 23.9 Å². The molecule has 0 saturated carbocycles. The highest BCUT2D eigenvalue weighted by Crippen LogP contribution is 2.24. The number of thiazole rings is 1. The van der Waals surface area contributed by atoms with E-state index >= 15 is 0 Å². The summed E-state index contributed by atoms with van der Waals surface area (Å²) in [5.74, 6) is -1.47. The quantitative estimate of drug-likeness (QED) is 0.452. The molecule has 200 valence electrons. The lowest BCUT2D eigenvalue weighted by molar-refractivity contribution is -0.151. The number of esters is 1. The van der Waals surface area contributed by atoms with Crippen LogP contribution in [0.2, 0.25) is 10.0 Å². The largest absolute Gasteiger partial charge is 0.466 e. The van der Waals surface area contributed by atoms with E-state index in [1.807, 2.05) is 13.8 Å². The summed E-state index contributed by atoms with van der Waals surface area (Å²) in [5, 5.41) is 5.34. The minimum Gasteiger partial charge on any atom is -0.466 e. The molecule has 1 aliphatic rings. The van der Waals surface area contributed by atoms with Gasteiger partial charge in [-0.15, -0.1) is 11.3 Å². The van der Waals surface area contributed by atoms with Crippen LogP contribution in [0, 0.1) is 5.92 Å². The van der Waals surface area contributed by atoms with Crippen molar-refractivity contribution in [1.82, 2.24) is 14.8 Å². The van der Waals surface area contributed by atoms with Gasteiger partial charge in [0.25, 0.3) is 5.91 Å². The lowest BCUT2D eigenvalue weighted by Gasteiger charge is -2.31. The van der Waals surface area contributed by atoms with Gasteiger partial charge in [0.05, 0.1) is 34.7 Å². The summed E-state index contributed by atoms with van der Waals surface area (Å²) >= 11 is 13.2. The van der Waals surface area contributed by atoms with Crippen molar-refractivity contribution in [2.75, 3.05) is 31.6 Å². The number of benzene rings is 1. The van der Waals surface area contributed by atoms with Crippen molar-refractivity contribution in [3.05, 3.63) is 44.9 Å². The van der Waals surface area contributed by atoms with Gasteiger partial charge in [-0.2, -0.15) is 0 Å². The number of piperidine rings is 1. The maximum Gasteiger partial charge on any atom is 0.310 e. The maximum atomic E-state index is 13.0. The fraction of sp³-hybridized carbons (Fsp3) is 0.480. The predicted octanol–water partition coefficient (Wildman–Crippen LogP) is 4.28. The van der Waals surface area contributed by atoms with Crippen molar-refractivity contribution in [3.8, 4) is 0 Å². The summed E-state index contributed by atoms with van der Waals surface area (Å²) in [6.07, 6.45) is 1.51. The Bertz CT molecular complexity index is 1160. The second-order valence-corrected chi connectivity index (χ2v) is 10.6. The molecule has 0 bridgehead atoms. The highest BCUT2D eigenvalue weighted by molar-refractivity contribution is 7.13. The first-order chi connectivity index (χ1) is 17.6. The van der Waals surface area contributed by atoms with Crippen molar-refractivity contribution in [2.24, 2.45) is 5.92 Å². The number of halogens is 2. The molecule has 1 N–H and O–H groups in total. The number of hydrogen-bond acceptors (Lipinski definition) is 7. The number of nitrogens with one attached hydrogen (secondary N) is 1. The number of likely N-dealkylation sites (tertiary alicyclic amines) is 1. The molecule has 1 aliphatic heterocycles. The van der Waals surface area contributed by atoms with Gasteiger partial charge in [-0.05, 0) is 51.8 Å². The van der Waals surface area contributed by atoms with E-state index in [0.29, 0.717) is 47.5 Å². The summed E-state index contributed by atoms with van der Waals surface area (Å²) in [5.41, 5.74) is 0.852. The van der Waals surface area contributed by atoms with Crippen LogP contribution in [0.5, 0.6) is 0 Å². The fourth-order valence-electron chi connectivity index (χ4n) is 3.97. The van der Waals surface area contributed by atoms with Crippen LogP contribution in [-0.4, -0.2) is 70.8 Å². The van der Waals surface area contributed by atoms with Crippen LogP contribution in [0.4, 0.5) is 5.13 Å². The third-order valence-electron chi connectivity index (χ3n) is 5.89. The Hall–Kier alpha value is -2.69. The Labute approximate surface area is 230 Å². The molecule has 0 aliphatic carbocycles. The van der Waals surface area contributed by atoms with E-state index in [9.17, 15) is 19.2 Å². The van der Waals surface area contributed by atoms with Gasteiger partial charge < -0.3 is 19.9 Å². The highest BCUT2D eigenvalue weighted by Gasteiger charge is 2.29. The molecule has 1 atom stereocenters. The molecule has 1 unspecified atom stereocenters. The molecular weight excluding hydrogens is 539 g/mol. The molecule has 12 heteroatoms. The number of rotatable bonds is 9. The summed E-state index contributed by atoms with van der Waals surface area (Å²) in [7, 11) is 0. The van der Waals surface area contributed by atoms with Gasteiger partial charge in [0, 0.05) is 30.1 Å². The Morgan fingerprint density at radius 3 is 2.68 bits per heavy atom. The van der Waals surface area contributed by atoms with E-state index in [-0.39, 0.29) is 47.7 Å². The number of hydrogen-bond donors (Lipinski definition) is 1. The first-order valence-corrected chi connectivity index (χ1v) is 13.7. The van der Waals surface area contributed by atoms with Gasteiger partial charge in [0.15, 0.2) is 5.13 Å². The van der Waals surface area contributed by atoms with E-state index in [4.69, 9.17) is 27.9 Å². The number of ether oxygens (including phenoxy) is 1. The molecule has 1 aromatic heterocycles. The molecule has 2 aromatic rings. The third-order valence-corrected chi connectivity index (χ3v) is 7.43. The van der Waals surface area contributed by atoms with Crippen molar-refractivity contribution >= 4 is 63.4 Å². The zero-order chi connectivity index (χ0) is 27.1. The lowest BCUT2D eigenvalue weighted by atomic mass is 9.98. The summed E-state index contributed by atoms with van der Waals surface area (Å²) < 4.78 is 5.10. The van der Waals surface area contributed by atoms with Crippen LogP contribution in [0.15, 0.2) is 23.6 Å². The van der Waals surface area contributed by atoms with Crippen LogP contribution in [0.3, 0.4) is 0 Å². The fourth-order valence-corrected chi connectivity index (χ4v) is 4.99. The van der Waals surface area contributed by atoms with Crippen LogP contribution in [0.25, 0.3) is 0 Å². The van der Waals surface area contributed by atoms with E-state index in [0.717, 1.165) is 6.42 Å². The third kappa shape index (κ3) is 7.90. The smallest absolute Gasteiger partial charge is 0.310 e. The normalized spacial score (nSPS) is 15.4. The first-order valence-electron chi connectivity index (χ1n) is 12.0. The predicted molar refractivity (Wildman–Crippen MR) is 143 cm³/mol. The topological polar surface area (TPSA) is 109 Å². The van der Waals surface area contributed by atoms with Gasteiger partial charge in [-0.25, -0.2) is 4.98 Å². The molecule has 1 fully saturated rings. The van der Waals surface area contributed by atoms with Gasteiger partial charge in [0.1, 0.15) is 6.54 Å². The Morgan fingerprint density at radius 1 is 1.24 bits per heavy atom. The Balaban J connectivity index is 1.56. The molecule has 0 spiro atoms. The maximum absolute atomic E-state index is 13.0.